The first-order valence-corrected chi connectivity index (χ1v) is 10.6. The van der Waals surface area contributed by atoms with Crippen LogP contribution in [-0.4, -0.2) is 54.9 Å². The number of anilines is 1. The molecular formula is C25H23N3O6. The summed E-state index contributed by atoms with van der Waals surface area (Å²) in [6.07, 6.45) is 1.53. The van der Waals surface area contributed by atoms with Crippen LogP contribution in [0.3, 0.4) is 0 Å². The Hall–Kier alpha value is -4.45. The van der Waals surface area contributed by atoms with Crippen LogP contribution in [0.15, 0.2) is 55.1 Å². The van der Waals surface area contributed by atoms with E-state index in [1.807, 2.05) is 13.0 Å². The van der Waals surface area contributed by atoms with Crippen LogP contribution in [0.25, 0.3) is 0 Å². The van der Waals surface area contributed by atoms with Crippen molar-refractivity contribution in [1.29, 1.82) is 5.26 Å². The maximum Gasteiger partial charge on any atom is 0.338 e. The largest absolute Gasteiger partial charge is 0.494 e. The number of esters is 1. The van der Waals surface area contributed by atoms with Gasteiger partial charge in [-0.1, -0.05) is 6.08 Å². The summed E-state index contributed by atoms with van der Waals surface area (Å²) >= 11 is 0. The number of fused-ring (bicyclic) bond motifs is 1. The fourth-order valence-electron chi connectivity index (χ4n) is 3.45. The Bertz CT molecular complexity index is 1170. The molecule has 0 N–H and O–H groups in total. The second kappa shape index (κ2) is 10.9. The van der Waals surface area contributed by atoms with E-state index in [9.17, 15) is 19.2 Å². The minimum absolute atomic E-state index is 0.0396. The number of rotatable bonds is 10. The van der Waals surface area contributed by atoms with E-state index in [-0.39, 0.29) is 36.2 Å². The normalized spacial score (nSPS) is 12.1. The number of carbonyl (C=O) groups is 4. The van der Waals surface area contributed by atoms with Crippen molar-refractivity contribution in [2.24, 2.45) is 0 Å². The SMILES string of the molecule is C=CCN1C(=O)c2ccc(C(=O)OCC(=O)N(CCC#N)c3ccc(OCC)cc3)cc2C1=O. The Labute approximate surface area is 196 Å². The zero-order valence-corrected chi connectivity index (χ0v) is 18.7. The van der Waals surface area contributed by atoms with Crippen molar-refractivity contribution < 1.29 is 28.7 Å². The molecule has 0 aromatic heterocycles. The lowest BCUT2D eigenvalue weighted by atomic mass is 10.1. The van der Waals surface area contributed by atoms with Gasteiger partial charge < -0.3 is 14.4 Å². The number of carbonyl (C=O) groups excluding carboxylic acids is 4. The van der Waals surface area contributed by atoms with Gasteiger partial charge in [0.2, 0.25) is 0 Å². The van der Waals surface area contributed by atoms with Crippen LogP contribution in [-0.2, 0) is 9.53 Å². The number of imide groups is 1. The Morgan fingerprint density at radius 2 is 1.82 bits per heavy atom. The van der Waals surface area contributed by atoms with Gasteiger partial charge >= 0.3 is 5.97 Å². The Kier molecular flexibility index (Phi) is 7.77. The van der Waals surface area contributed by atoms with Crippen molar-refractivity contribution in [1.82, 2.24) is 4.90 Å². The number of hydrogen-bond donors (Lipinski definition) is 0. The molecule has 34 heavy (non-hydrogen) atoms. The molecule has 3 rings (SSSR count). The monoisotopic (exact) mass is 461 g/mol. The van der Waals surface area contributed by atoms with E-state index in [1.165, 1.54) is 29.2 Å². The number of ether oxygens (including phenoxy) is 2. The summed E-state index contributed by atoms with van der Waals surface area (Å²) in [6.45, 7) is 5.50. The Morgan fingerprint density at radius 3 is 2.47 bits per heavy atom. The highest BCUT2D eigenvalue weighted by atomic mass is 16.5. The molecule has 1 aliphatic heterocycles. The van der Waals surface area contributed by atoms with Crippen LogP contribution < -0.4 is 9.64 Å². The zero-order valence-electron chi connectivity index (χ0n) is 18.7. The quantitative estimate of drug-likeness (QED) is 0.303. The van der Waals surface area contributed by atoms with Crippen molar-refractivity contribution in [2.45, 2.75) is 13.3 Å². The third kappa shape index (κ3) is 5.13. The number of nitriles is 1. The molecule has 0 spiro atoms. The molecule has 0 bridgehead atoms. The molecule has 0 unspecified atom stereocenters. The molecule has 2 aromatic carbocycles. The minimum Gasteiger partial charge on any atom is -0.494 e. The first kappa shape index (κ1) is 24.2. The van der Waals surface area contributed by atoms with Crippen molar-refractivity contribution in [2.75, 3.05) is 31.2 Å². The lowest BCUT2D eigenvalue weighted by molar-refractivity contribution is -0.121. The van der Waals surface area contributed by atoms with E-state index in [1.54, 1.807) is 24.3 Å². The summed E-state index contributed by atoms with van der Waals surface area (Å²) in [5.74, 6) is -1.67. The molecule has 0 aliphatic carbocycles. The van der Waals surface area contributed by atoms with Crippen molar-refractivity contribution >= 4 is 29.4 Å². The number of amides is 3. The van der Waals surface area contributed by atoms with E-state index in [4.69, 9.17) is 14.7 Å². The summed E-state index contributed by atoms with van der Waals surface area (Å²) in [5, 5.41) is 8.94. The topological polar surface area (TPSA) is 117 Å². The maximum absolute atomic E-state index is 12.8. The van der Waals surface area contributed by atoms with Gasteiger partial charge in [0, 0.05) is 18.8 Å². The van der Waals surface area contributed by atoms with Crippen LogP contribution in [0.4, 0.5) is 5.69 Å². The Balaban J connectivity index is 1.70. The molecule has 9 heteroatoms. The summed E-state index contributed by atoms with van der Waals surface area (Å²) in [4.78, 5) is 52.5. The first-order chi connectivity index (χ1) is 16.4. The third-order valence-electron chi connectivity index (χ3n) is 5.05. The van der Waals surface area contributed by atoms with Crippen molar-refractivity contribution in [3.8, 4) is 11.8 Å². The molecule has 0 radical (unpaired) electrons. The second-order valence-electron chi connectivity index (χ2n) is 7.23. The predicted octanol–water partition coefficient (Wildman–Crippen LogP) is 2.97. The first-order valence-electron chi connectivity index (χ1n) is 10.6. The second-order valence-corrected chi connectivity index (χ2v) is 7.23. The average Bonchev–Trinajstić information content (AvgIpc) is 3.08. The molecular weight excluding hydrogens is 438 g/mol. The molecule has 2 aromatic rings. The Morgan fingerprint density at radius 1 is 1.12 bits per heavy atom. The molecule has 0 saturated heterocycles. The fourth-order valence-corrected chi connectivity index (χ4v) is 3.45. The van der Waals surface area contributed by atoms with Crippen molar-refractivity contribution in [3.05, 3.63) is 71.8 Å². The van der Waals surface area contributed by atoms with E-state index >= 15 is 0 Å². The lowest BCUT2D eigenvalue weighted by Crippen LogP contribution is -2.35. The zero-order chi connectivity index (χ0) is 24.7. The van der Waals surface area contributed by atoms with Gasteiger partial charge in [-0.3, -0.25) is 19.3 Å². The van der Waals surface area contributed by atoms with Gasteiger partial charge in [0.05, 0.1) is 35.8 Å². The van der Waals surface area contributed by atoms with Crippen LogP contribution >= 0.6 is 0 Å². The fraction of sp³-hybridized carbons (Fsp3) is 0.240. The highest BCUT2D eigenvalue weighted by molar-refractivity contribution is 6.22. The molecule has 1 aliphatic rings. The van der Waals surface area contributed by atoms with Crippen molar-refractivity contribution in [3.63, 3.8) is 0 Å². The maximum atomic E-state index is 12.8. The van der Waals surface area contributed by atoms with Crippen LogP contribution in [0.5, 0.6) is 5.75 Å². The van der Waals surface area contributed by atoms with Crippen LogP contribution in [0, 0.1) is 11.3 Å². The van der Waals surface area contributed by atoms with Gasteiger partial charge in [0.25, 0.3) is 17.7 Å². The molecule has 0 atom stereocenters. The van der Waals surface area contributed by atoms with Gasteiger partial charge in [-0.25, -0.2) is 4.79 Å². The number of hydrogen-bond acceptors (Lipinski definition) is 7. The summed E-state index contributed by atoms with van der Waals surface area (Å²) in [7, 11) is 0. The predicted molar refractivity (Wildman–Crippen MR) is 122 cm³/mol. The minimum atomic E-state index is -0.814. The van der Waals surface area contributed by atoms with Crippen LogP contribution in [0.2, 0.25) is 0 Å². The van der Waals surface area contributed by atoms with E-state index < -0.39 is 30.3 Å². The van der Waals surface area contributed by atoms with E-state index in [0.717, 1.165) is 4.90 Å². The molecule has 3 amide bonds. The van der Waals surface area contributed by atoms with Crippen LogP contribution in [0.1, 0.15) is 44.4 Å². The van der Waals surface area contributed by atoms with Gasteiger partial charge in [0.15, 0.2) is 6.61 Å². The number of nitrogens with zero attached hydrogens (tertiary/aromatic N) is 3. The van der Waals surface area contributed by atoms with Gasteiger partial charge in [-0.15, -0.1) is 6.58 Å². The highest BCUT2D eigenvalue weighted by Crippen LogP contribution is 2.24. The molecule has 9 nitrogen and oxygen atoms in total. The third-order valence-corrected chi connectivity index (χ3v) is 5.05. The molecule has 0 saturated carbocycles. The average molecular weight is 461 g/mol. The molecule has 1 heterocycles. The van der Waals surface area contributed by atoms with Gasteiger partial charge in [-0.2, -0.15) is 5.26 Å². The number of benzene rings is 2. The summed E-state index contributed by atoms with van der Waals surface area (Å²) in [5.41, 5.74) is 0.858. The molecule has 174 valence electrons. The van der Waals surface area contributed by atoms with E-state index in [0.29, 0.717) is 18.0 Å². The standard InChI is InChI=1S/C25H23N3O6/c1-3-13-28-23(30)20-11-6-17(15-21(20)24(28)31)25(32)34-16-22(29)27(14-5-12-26)18-7-9-19(10-8-18)33-4-2/h3,6-11,15H,1,4-5,13-14,16H2,2H3. The summed E-state index contributed by atoms with van der Waals surface area (Å²) < 4.78 is 10.6. The van der Waals surface area contributed by atoms with Gasteiger partial charge in [-0.05, 0) is 49.4 Å². The van der Waals surface area contributed by atoms with E-state index in [2.05, 4.69) is 6.58 Å². The lowest BCUT2D eigenvalue weighted by Gasteiger charge is -2.22. The highest BCUT2D eigenvalue weighted by Gasteiger charge is 2.35. The smallest absolute Gasteiger partial charge is 0.338 e. The molecule has 0 fully saturated rings. The van der Waals surface area contributed by atoms with Gasteiger partial charge in [0.1, 0.15) is 5.75 Å². The summed E-state index contributed by atoms with van der Waals surface area (Å²) in [6, 6.07) is 12.8.